The number of aromatic nitrogens is 3. The number of hydrogen-bond acceptors (Lipinski definition) is 5. The van der Waals surface area contributed by atoms with E-state index in [0.29, 0.717) is 0 Å². The predicted molar refractivity (Wildman–Crippen MR) is 66.6 cm³/mol. The Balaban J connectivity index is 1.96. The minimum Gasteiger partial charge on any atom is -0.378 e. The second-order valence-corrected chi connectivity index (χ2v) is 5.30. The van der Waals surface area contributed by atoms with Gasteiger partial charge >= 0.3 is 0 Å². The number of morpholine rings is 1. The van der Waals surface area contributed by atoms with Crippen LogP contribution in [-0.2, 0) is 4.74 Å². The van der Waals surface area contributed by atoms with Crippen LogP contribution in [-0.4, -0.2) is 40.9 Å². The van der Waals surface area contributed by atoms with Crippen molar-refractivity contribution in [2.45, 2.75) is 0 Å². The fourth-order valence-corrected chi connectivity index (χ4v) is 3.11. The van der Waals surface area contributed by atoms with E-state index < -0.39 is 0 Å². The highest BCUT2D eigenvalue weighted by Crippen LogP contribution is 2.24. The summed E-state index contributed by atoms with van der Waals surface area (Å²) in [5, 5.41) is 5.57. The Kier molecular flexibility index (Phi) is 2.53. The molecule has 0 aliphatic carbocycles. The molecule has 0 N–H and O–H groups in total. The Labute approximate surface area is 104 Å². The van der Waals surface area contributed by atoms with Crippen molar-refractivity contribution < 1.29 is 4.74 Å². The van der Waals surface area contributed by atoms with Crippen molar-refractivity contribution in [3.05, 3.63) is 9.90 Å². The summed E-state index contributed by atoms with van der Waals surface area (Å²) in [6.45, 7) is 3.43. The smallest absolute Gasteiger partial charge is 0.214 e. The van der Waals surface area contributed by atoms with Gasteiger partial charge < -0.3 is 9.64 Å². The fourth-order valence-electron chi connectivity index (χ4n) is 1.54. The summed E-state index contributed by atoms with van der Waals surface area (Å²) in [5.74, 6) is 0. The van der Waals surface area contributed by atoms with Gasteiger partial charge in [0.15, 0.2) is 0 Å². The van der Waals surface area contributed by atoms with Gasteiger partial charge in [0.25, 0.3) is 0 Å². The highest BCUT2D eigenvalue weighted by Gasteiger charge is 2.16. The molecule has 1 fully saturated rings. The second-order valence-electron chi connectivity index (χ2n) is 3.26. The molecule has 0 unspecified atom stereocenters. The molecule has 2 aromatic heterocycles. The normalized spacial score (nSPS) is 17.5. The molecule has 1 aliphatic rings. The summed E-state index contributed by atoms with van der Waals surface area (Å²) in [4.78, 5) is 7.50. The number of halogens is 1. The average Bonchev–Trinajstić information content (AvgIpc) is 2.83. The number of anilines is 1. The zero-order chi connectivity index (χ0) is 10.3. The Bertz CT molecular complexity index is 476. The van der Waals surface area contributed by atoms with Gasteiger partial charge in [-0.15, -0.1) is 5.10 Å². The molecule has 0 aromatic carbocycles. The van der Waals surface area contributed by atoms with E-state index in [2.05, 4.69) is 37.6 Å². The lowest BCUT2D eigenvalue weighted by Crippen LogP contribution is -2.36. The van der Waals surface area contributed by atoms with E-state index in [9.17, 15) is 0 Å². The molecule has 5 nitrogen and oxygen atoms in total. The van der Waals surface area contributed by atoms with Crippen LogP contribution in [0.2, 0.25) is 0 Å². The third kappa shape index (κ3) is 1.72. The first-order valence-corrected chi connectivity index (χ1v) is 6.57. The SMILES string of the molecule is Ic1cnc2sc(N3CCOCC3)nn12. The van der Waals surface area contributed by atoms with Gasteiger partial charge in [0.05, 0.1) is 19.4 Å². The van der Waals surface area contributed by atoms with Crippen molar-refractivity contribution in [1.29, 1.82) is 0 Å². The third-order valence-electron chi connectivity index (χ3n) is 2.31. The van der Waals surface area contributed by atoms with Crippen LogP contribution < -0.4 is 4.90 Å². The molecule has 0 saturated carbocycles. The predicted octanol–water partition coefficient (Wildman–Crippen LogP) is 1.23. The maximum absolute atomic E-state index is 5.31. The zero-order valence-corrected chi connectivity index (χ0v) is 10.9. The van der Waals surface area contributed by atoms with Crippen LogP contribution in [0, 0.1) is 3.70 Å². The lowest BCUT2D eigenvalue weighted by atomic mass is 10.5. The first-order valence-electron chi connectivity index (χ1n) is 4.67. The maximum Gasteiger partial charge on any atom is 0.214 e. The van der Waals surface area contributed by atoms with Gasteiger partial charge in [-0.3, -0.25) is 0 Å². The van der Waals surface area contributed by atoms with Gasteiger partial charge in [-0.1, -0.05) is 11.3 Å². The average molecular weight is 336 g/mol. The molecule has 3 rings (SSSR count). The molecule has 7 heteroatoms. The van der Waals surface area contributed by atoms with Crippen LogP contribution in [0.25, 0.3) is 4.96 Å². The highest BCUT2D eigenvalue weighted by molar-refractivity contribution is 14.1. The van der Waals surface area contributed by atoms with Crippen molar-refractivity contribution in [1.82, 2.24) is 14.6 Å². The number of hydrogen-bond donors (Lipinski definition) is 0. The van der Waals surface area contributed by atoms with Crippen LogP contribution in [0.5, 0.6) is 0 Å². The van der Waals surface area contributed by atoms with Gasteiger partial charge in [-0.25, -0.2) is 4.98 Å². The lowest BCUT2D eigenvalue weighted by molar-refractivity contribution is 0.122. The van der Waals surface area contributed by atoms with Gasteiger partial charge in [-0.2, -0.15) is 4.52 Å². The summed E-state index contributed by atoms with van der Waals surface area (Å²) in [6, 6.07) is 0. The number of rotatable bonds is 1. The monoisotopic (exact) mass is 336 g/mol. The van der Waals surface area contributed by atoms with E-state index in [1.165, 1.54) is 0 Å². The number of fused-ring (bicyclic) bond motifs is 1. The Morgan fingerprint density at radius 2 is 2.20 bits per heavy atom. The molecule has 1 saturated heterocycles. The highest BCUT2D eigenvalue weighted by atomic mass is 127. The van der Waals surface area contributed by atoms with Crippen LogP contribution in [0.3, 0.4) is 0 Å². The summed E-state index contributed by atoms with van der Waals surface area (Å²) >= 11 is 3.87. The summed E-state index contributed by atoms with van der Waals surface area (Å²) in [7, 11) is 0. The van der Waals surface area contributed by atoms with E-state index >= 15 is 0 Å². The summed E-state index contributed by atoms with van der Waals surface area (Å²) in [5.41, 5.74) is 0. The standard InChI is InChI=1S/C8H9IN4OS/c9-6-5-10-7-13(6)11-8(15-7)12-1-3-14-4-2-12/h5H,1-4H2. The lowest BCUT2D eigenvalue weighted by Gasteiger charge is -2.25. The Morgan fingerprint density at radius 3 is 2.93 bits per heavy atom. The zero-order valence-electron chi connectivity index (χ0n) is 7.89. The first kappa shape index (κ1) is 9.79. The maximum atomic E-state index is 5.31. The summed E-state index contributed by atoms with van der Waals surface area (Å²) in [6.07, 6.45) is 1.84. The minimum atomic E-state index is 0.791. The molecule has 15 heavy (non-hydrogen) atoms. The number of ether oxygens (including phenoxy) is 1. The van der Waals surface area contributed by atoms with Crippen LogP contribution in [0.15, 0.2) is 6.20 Å². The molecule has 2 aromatic rings. The topological polar surface area (TPSA) is 42.7 Å². The molecule has 0 bridgehead atoms. The van der Waals surface area contributed by atoms with Crippen LogP contribution in [0.4, 0.5) is 5.13 Å². The largest absolute Gasteiger partial charge is 0.378 e. The van der Waals surface area contributed by atoms with Gasteiger partial charge in [0.1, 0.15) is 3.70 Å². The number of nitrogens with zero attached hydrogens (tertiary/aromatic N) is 4. The van der Waals surface area contributed by atoms with Crippen molar-refractivity contribution >= 4 is 44.0 Å². The van der Waals surface area contributed by atoms with Gasteiger partial charge in [0.2, 0.25) is 10.1 Å². The summed E-state index contributed by atoms with van der Waals surface area (Å²) < 4.78 is 8.25. The molecule has 1 aliphatic heterocycles. The second kappa shape index (κ2) is 3.87. The van der Waals surface area contributed by atoms with Crippen molar-refractivity contribution in [2.75, 3.05) is 31.2 Å². The first-order chi connectivity index (χ1) is 7.34. The van der Waals surface area contributed by atoms with Crippen LogP contribution in [0.1, 0.15) is 0 Å². The fraction of sp³-hybridized carbons (Fsp3) is 0.500. The number of imidazole rings is 1. The van der Waals surface area contributed by atoms with E-state index in [4.69, 9.17) is 4.74 Å². The molecule has 3 heterocycles. The third-order valence-corrected chi connectivity index (χ3v) is 4.03. The Morgan fingerprint density at radius 1 is 1.40 bits per heavy atom. The van der Waals surface area contributed by atoms with Crippen LogP contribution >= 0.6 is 33.9 Å². The molecule has 0 spiro atoms. The molecule has 0 atom stereocenters. The molecular formula is C8H9IN4OS. The van der Waals surface area contributed by atoms with Gasteiger partial charge in [-0.05, 0) is 22.6 Å². The van der Waals surface area contributed by atoms with E-state index in [0.717, 1.165) is 40.1 Å². The molecule has 80 valence electrons. The van der Waals surface area contributed by atoms with Crippen molar-refractivity contribution in [3.8, 4) is 0 Å². The van der Waals surface area contributed by atoms with Gasteiger partial charge in [0, 0.05) is 13.1 Å². The van der Waals surface area contributed by atoms with E-state index in [1.54, 1.807) is 11.3 Å². The molecule has 0 amide bonds. The van der Waals surface area contributed by atoms with E-state index in [1.807, 2.05) is 10.7 Å². The van der Waals surface area contributed by atoms with Crippen molar-refractivity contribution in [3.63, 3.8) is 0 Å². The quantitative estimate of drug-likeness (QED) is 0.735. The van der Waals surface area contributed by atoms with E-state index in [-0.39, 0.29) is 0 Å². The molecular weight excluding hydrogens is 327 g/mol. The minimum absolute atomic E-state index is 0.791. The van der Waals surface area contributed by atoms with Crippen molar-refractivity contribution in [2.24, 2.45) is 0 Å². The Hall–Kier alpha value is -0.410. The molecule has 0 radical (unpaired) electrons.